The van der Waals surface area contributed by atoms with E-state index in [9.17, 15) is 4.79 Å². The second kappa shape index (κ2) is 4.61. The molecule has 0 aliphatic heterocycles. The molecule has 0 spiro atoms. The summed E-state index contributed by atoms with van der Waals surface area (Å²) in [5, 5.41) is 1.25. The molecule has 2 nitrogen and oxygen atoms in total. The van der Waals surface area contributed by atoms with Crippen molar-refractivity contribution >= 4 is 12.7 Å². The Labute approximate surface area is 82.9 Å². The molecule has 1 aromatic heterocycles. The summed E-state index contributed by atoms with van der Waals surface area (Å²) in [4.78, 5) is 11.3. The van der Waals surface area contributed by atoms with Gasteiger partial charge in [0.05, 0.1) is 5.22 Å². The van der Waals surface area contributed by atoms with Crippen molar-refractivity contribution < 1.29 is 4.42 Å². The van der Waals surface area contributed by atoms with Crippen LogP contribution >= 0.6 is 0 Å². The van der Waals surface area contributed by atoms with Gasteiger partial charge in [-0.3, -0.25) is 0 Å². The first-order chi connectivity index (χ1) is 6.69. The van der Waals surface area contributed by atoms with Crippen LogP contribution in [0.3, 0.4) is 0 Å². The summed E-state index contributed by atoms with van der Waals surface area (Å²) < 4.78 is 5.02. The minimum Gasteiger partial charge on any atom is -0.427 e. The lowest BCUT2D eigenvalue weighted by atomic mass is 10.2. The van der Waals surface area contributed by atoms with E-state index < -0.39 is 0 Å². The van der Waals surface area contributed by atoms with Gasteiger partial charge in [-0.2, -0.15) is 0 Å². The average Bonchev–Trinajstić information content (AvgIpc) is 2.20. The van der Waals surface area contributed by atoms with Crippen molar-refractivity contribution in [2.75, 3.05) is 0 Å². The van der Waals surface area contributed by atoms with Crippen LogP contribution in [0.25, 0.3) is 12.7 Å². The molecule has 0 amide bonds. The Morgan fingerprint density at radius 2 is 2.29 bits per heavy atom. The summed E-state index contributed by atoms with van der Waals surface area (Å²) in [6, 6.07) is 1.85. The van der Waals surface area contributed by atoms with Crippen LogP contribution in [0.5, 0.6) is 0 Å². The fourth-order valence-electron chi connectivity index (χ4n) is 1.11. The van der Waals surface area contributed by atoms with Crippen LogP contribution < -0.4 is 16.1 Å². The zero-order chi connectivity index (χ0) is 10.6. The third-order valence-corrected chi connectivity index (χ3v) is 1.95. The maximum atomic E-state index is 11.3. The van der Waals surface area contributed by atoms with E-state index in [0.717, 1.165) is 5.22 Å². The highest BCUT2D eigenvalue weighted by molar-refractivity contribution is 5.37. The Bertz CT molecular complexity index is 492. The standard InChI is InChI=1S/C12H14O2/c1-4-6-7-10-8-11(5-2)14-12(13)9(10)3/h4,6-8H,3,5H2,1-2H3/b6-4-,10-7-. The highest BCUT2D eigenvalue weighted by atomic mass is 16.4. The highest BCUT2D eigenvalue weighted by Crippen LogP contribution is 1.89. The Kier molecular flexibility index (Phi) is 3.46. The van der Waals surface area contributed by atoms with Gasteiger partial charge >= 0.3 is 5.63 Å². The van der Waals surface area contributed by atoms with Crippen molar-refractivity contribution in [1.29, 1.82) is 0 Å². The summed E-state index contributed by atoms with van der Waals surface area (Å²) in [6.45, 7) is 7.54. The lowest BCUT2D eigenvalue weighted by Crippen LogP contribution is -2.37. The molecule has 0 atom stereocenters. The van der Waals surface area contributed by atoms with E-state index in [1.165, 1.54) is 0 Å². The topological polar surface area (TPSA) is 30.2 Å². The van der Waals surface area contributed by atoms with Gasteiger partial charge in [0.1, 0.15) is 5.76 Å². The smallest absolute Gasteiger partial charge is 0.343 e. The van der Waals surface area contributed by atoms with Gasteiger partial charge in [0.2, 0.25) is 0 Å². The molecule has 0 radical (unpaired) electrons. The lowest BCUT2D eigenvalue weighted by Gasteiger charge is -1.93. The Morgan fingerprint density at radius 3 is 2.86 bits per heavy atom. The van der Waals surface area contributed by atoms with E-state index in [-0.39, 0.29) is 5.63 Å². The van der Waals surface area contributed by atoms with E-state index in [1.54, 1.807) is 0 Å². The van der Waals surface area contributed by atoms with Crippen LogP contribution in [0.4, 0.5) is 0 Å². The molecule has 14 heavy (non-hydrogen) atoms. The predicted molar refractivity (Wildman–Crippen MR) is 58.4 cm³/mol. The van der Waals surface area contributed by atoms with Crippen molar-refractivity contribution in [3.05, 3.63) is 44.8 Å². The summed E-state index contributed by atoms with van der Waals surface area (Å²) in [5.74, 6) is 0.693. The van der Waals surface area contributed by atoms with Crippen LogP contribution in [0, 0.1) is 0 Å². The fourth-order valence-corrected chi connectivity index (χ4v) is 1.11. The molecule has 0 aliphatic rings. The van der Waals surface area contributed by atoms with Crippen LogP contribution in [-0.4, -0.2) is 0 Å². The molecule has 0 bridgehead atoms. The molecule has 1 aromatic rings. The average molecular weight is 190 g/mol. The molecule has 1 rings (SSSR count). The maximum absolute atomic E-state index is 11.3. The molecule has 2 heteroatoms. The van der Waals surface area contributed by atoms with Gasteiger partial charge in [0, 0.05) is 6.42 Å². The summed E-state index contributed by atoms with van der Waals surface area (Å²) in [6.07, 6.45) is 6.35. The zero-order valence-corrected chi connectivity index (χ0v) is 8.54. The van der Waals surface area contributed by atoms with Crippen molar-refractivity contribution in [2.24, 2.45) is 0 Å². The molecule has 0 aromatic carbocycles. The number of allylic oxidation sites excluding steroid dienone is 2. The van der Waals surface area contributed by atoms with Gasteiger partial charge in [-0.15, -0.1) is 0 Å². The number of rotatable bonds is 2. The molecule has 0 unspecified atom stereocenters. The number of aryl methyl sites for hydroxylation is 1. The molecular formula is C12H14O2. The maximum Gasteiger partial charge on any atom is 0.343 e. The van der Waals surface area contributed by atoms with E-state index in [2.05, 4.69) is 6.58 Å². The first-order valence-corrected chi connectivity index (χ1v) is 4.64. The van der Waals surface area contributed by atoms with Crippen molar-refractivity contribution in [1.82, 2.24) is 0 Å². The van der Waals surface area contributed by atoms with Crippen molar-refractivity contribution in [2.45, 2.75) is 20.3 Å². The minimum absolute atomic E-state index is 0.347. The lowest BCUT2D eigenvalue weighted by molar-refractivity contribution is 0.458. The van der Waals surface area contributed by atoms with Crippen LogP contribution in [-0.2, 0) is 6.42 Å². The van der Waals surface area contributed by atoms with E-state index >= 15 is 0 Å². The van der Waals surface area contributed by atoms with Crippen molar-refractivity contribution in [3.8, 4) is 0 Å². The first kappa shape index (κ1) is 10.5. The van der Waals surface area contributed by atoms with E-state index in [0.29, 0.717) is 17.4 Å². The second-order valence-corrected chi connectivity index (χ2v) is 2.98. The molecule has 0 aliphatic carbocycles. The molecule has 1 heterocycles. The Balaban J connectivity index is 3.50. The zero-order valence-electron chi connectivity index (χ0n) is 8.54. The summed E-state index contributed by atoms with van der Waals surface area (Å²) in [5.41, 5.74) is -0.347. The molecule has 74 valence electrons. The summed E-state index contributed by atoms with van der Waals surface area (Å²) >= 11 is 0. The molecule has 0 saturated heterocycles. The number of hydrogen-bond acceptors (Lipinski definition) is 2. The highest BCUT2D eigenvalue weighted by Gasteiger charge is 1.95. The molecule has 0 N–H and O–H groups in total. The van der Waals surface area contributed by atoms with Gasteiger partial charge in [0.15, 0.2) is 0 Å². The Hall–Kier alpha value is -1.57. The van der Waals surface area contributed by atoms with Crippen LogP contribution in [0.2, 0.25) is 0 Å². The second-order valence-electron chi connectivity index (χ2n) is 2.98. The van der Waals surface area contributed by atoms with Gasteiger partial charge in [-0.25, -0.2) is 4.79 Å². The number of hydrogen-bond donors (Lipinski definition) is 0. The first-order valence-electron chi connectivity index (χ1n) is 4.64. The normalized spacial score (nSPS) is 12.6. The van der Waals surface area contributed by atoms with Crippen LogP contribution in [0.1, 0.15) is 19.6 Å². The molecule has 0 saturated carbocycles. The van der Waals surface area contributed by atoms with Crippen LogP contribution in [0.15, 0.2) is 27.4 Å². The van der Waals surface area contributed by atoms with Gasteiger partial charge in [0.25, 0.3) is 0 Å². The molecule has 0 fully saturated rings. The van der Waals surface area contributed by atoms with E-state index in [4.69, 9.17) is 4.42 Å². The van der Waals surface area contributed by atoms with E-state index in [1.807, 2.05) is 38.1 Å². The Morgan fingerprint density at radius 1 is 1.57 bits per heavy atom. The molecular weight excluding hydrogens is 176 g/mol. The monoisotopic (exact) mass is 190 g/mol. The van der Waals surface area contributed by atoms with Gasteiger partial charge in [-0.05, 0) is 18.2 Å². The third-order valence-electron chi connectivity index (χ3n) is 1.95. The third kappa shape index (κ3) is 2.22. The fraction of sp³-hybridized carbons (Fsp3) is 0.250. The summed E-state index contributed by atoms with van der Waals surface area (Å²) in [7, 11) is 0. The minimum atomic E-state index is -0.347. The van der Waals surface area contributed by atoms with Gasteiger partial charge in [-0.1, -0.05) is 31.7 Å². The predicted octanol–water partition coefficient (Wildman–Crippen LogP) is 0.969. The van der Waals surface area contributed by atoms with Gasteiger partial charge < -0.3 is 4.42 Å². The SMILES string of the molecule is C=c1c(=O)oc(CC)c/c1=C/C=C\C. The van der Waals surface area contributed by atoms with Crippen molar-refractivity contribution in [3.63, 3.8) is 0 Å². The quantitative estimate of drug-likeness (QED) is 0.695. The largest absolute Gasteiger partial charge is 0.427 e.